The van der Waals surface area contributed by atoms with Gasteiger partial charge in [-0.3, -0.25) is 4.79 Å². The smallest absolute Gasteiger partial charge is 0.289 e. The fraction of sp³-hybridized carbons (Fsp3) is 0.188. The van der Waals surface area contributed by atoms with Crippen LogP contribution in [0.5, 0.6) is 5.75 Å². The van der Waals surface area contributed by atoms with Gasteiger partial charge in [0.15, 0.2) is 6.10 Å². The lowest BCUT2D eigenvalue weighted by molar-refractivity contribution is -0.122. The Bertz CT molecular complexity index is 670. The molecule has 0 aromatic heterocycles. The first kappa shape index (κ1) is 17.6. The van der Waals surface area contributed by atoms with Gasteiger partial charge in [0.25, 0.3) is 11.7 Å². The van der Waals surface area contributed by atoms with E-state index in [1.807, 2.05) is 6.07 Å². The second-order valence-electron chi connectivity index (χ2n) is 4.56. The molecule has 0 spiro atoms. The topological polar surface area (TPSA) is 38.3 Å². The number of halogens is 3. The summed E-state index contributed by atoms with van der Waals surface area (Å²) in [5.41, 5.74) is 0.233. The van der Waals surface area contributed by atoms with Crippen LogP contribution in [0.2, 0.25) is 5.02 Å². The summed E-state index contributed by atoms with van der Waals surface area (Å²) >= 11 is 6.22. The molecule has 122 valence electrons. The minimum Gasteiger partial charge on any atom is -0.481 e. The van der Waals surface area contributed by atoms with Crippen LogP contribution in [0.25, 0.3) is 0 Å². The van der Waals surface area contributed by atoms with Gasteiger partial charge in [0.2, 0.25) is 0 Å². The number of ether oxygens (including phenoxy) is 1. The molecule has 0 saturated heterocycles. The van der Waals surface area contributed by atoms with Crippen molar-refractivity contribution in [3.8, 4) is 5.75 Å². The maximum Gasteiger partial charge on any atom is 0.289 e. The molecule has 2 rings (SSSR count). The standard InChI is InChI=1S/C16H14ClF2NO2S/c1-10(22-11-6-3-2-4-7-11)15(21)20-13-9-5-8-12(17)14(13)23-16(18)19/h2-10,16H,1H3,(H,20,21). The summed E-state index contributed by atoms with van der Waals surface area (Å²) in [5, 5.41) is 2.73. The van der Waals surface area contributed by atoms with Crippen LogP contribution < -0.4 is 10.1 Å². The summed E-state index contributed by atoms with van der Waals surface area (Å²) in [7, 11) is 0. The van der Waals surface area contributed by atoms with Crippen molar-refractivity contribution in [3.05, 3.63) is 53.6 Å². The van der Waals surface area contributed by atoms with Crippen molar-refractivity contribution >= 4 is 35.0 Å². The molecule has 7 heteroatoms. The van der Waals surface area contributed by atoms with E-state index in [2.05, 4.69) is 5.32 Å². The highest BCUT2D eigenvalue weighted by molar-refractivity contribution is 7.99. The Hall–Kier alpha value is -1.79. The van der Waals surface area contributed by atoms with E-state index in [1.54, 1.807) is 37.3 Å². The van der Waals surface area contributed by atoms with Crippen LogP contribution in [0.1, 0.15) is 6.92 Å². The summed E-state index contributed by atoms with van der Waals surface area (Å²) in [6.07, 6.45) is -0.791. The molecule has 2 aromatic carbocycles. The van der Waals surface area contributed by atoms with Crippen LogP contribution >= 0.6 is 23.4 Å². The molecule has 0 fully saturated rings. The molecule has 0 heterocycles. The van der Waals surface area contributed by atoms with E-state index >= 15 is 0 Å². The van der Waals surface area contributed by atoms with Crippen molar-refractivity contribution in [1.82, 2.24) is 0 Å². The Morgan fingerprint density at radius 3 is 2.52 bits per heavy atom. The van der Waals surface area contributed by atoms with Crippen molar-refractivity contribution in [2.45, 2.75) is 23.7 Å². The fourth-order valence-electron chi connectivity index (χ4n) is 1.81. The monoisotopic (exact) mass is 357 g/mol. The molecular weight excluding hydrogens is 344 g/mol. The number of rotatable bonds is 6. The number of anilines is 1. The SMILES string of the molecule is CC(Oc1ccccc1)C(=O)Nc1cccc(Cl)c1SC(F)F. The van der Waals surface area contributed by atoms with Crippen molar-refractivity contribution in [3.63, 3.8) is 0 Å². The molecule has 0 aliphatic rings. The third-order valence-electron chi connectivity index (χ3n) is 2.86. The highest BCUT2D eigenvalue weighted by atomic mass is 35.5. The average molecular weight is 358 g/mol. The lowest BCUT2D eigenvalue weighted by Gasteiger charge is -2.16. The van der Waals surface area contributed by atoms with Crippen LogP contribution in [0.15, 0.2) is 53.4 Å². The van der Waals surface area contributed by atoms with Gasteiger partial charge < -0.3 is 10.1 Å². The van der Waals surface area contributed by atoms with E-state index < -0.39 is 17.8 Å². The molecule has 0 saturated carbocycles. The Balaban J connectivity index is 2.09. The van der Waals surface area contributed by atoms with E-state index in [4.69, 9.17) is 16.3 Å². The number of benzene rings is 2. The number of para-hydroxylation sites is 1. The predicted octanol–water partition coefficient (Wildman–Crippen LogP) is 5.06. The van der Waals surface area contributed by atoms with E-state index in [-0.39, 0.29) is 27.4 Å². The molecule has 0 aliphatic heterocycles. The number of carbonyl (C=O) groups is 1. The van der Waals surface area contributed by atoms with Crippen molar-refractivity contribution < 1.29 is 18.3 Å². The van der Waals surface area contributed by atoms with Crippen molar-refractivity contribution in [1.29, 1.82) is 0 Å². The summed E-state index contributed by atoms with van der Waals surface area (Å²) < 4.78 is 30.8. The van der Waals surface area contributed by atoms with Crippen LogP contribution in [-0.4, -0.2) is 17.8 Å². The predicted molar refractivity (Wildman–Crippen MR) is 88.5 cm³/mol. The zero-order chi connectivity index (χ0) is 16.8. The van der Waals surface area contributed by atoms with Crippen LogP contribution in [0, 0.1) is 0 Å². The van der Waals surface area contributed by atoms with E-state index in [0.717, 1.165) is 0 Å². The Morgan fingerprint density at radius 1 is 1.17 bits per heavy atom. The Labute approximate surface area is 142 Å². The fourth-order valence-corrected chi connectivity index (χ4v) is 2.72. The third-order valence-corrected chi connectivity index (χ3v) is 4.14. The van der Waals surface area contributed by atoms with Gasteiger partial charge in [0.05, 0.1) is 15.6 Å². The first-order chi connectivity index (χ1) is 11.0. The minimum atomic E-state index is -2.64. The molecule has 0 aliphatic carbocycles. The molecule has 0 bridgehead atoms. The molecule has 23 heavy (non-hydrogen) atoms. The number of thioether (sulfide) groups is 1. The first-order valence-electron chi connectivity index (χ1n) is 6.73. The third kappa shape index (κ3) is 5.11. The quantitative estimate of drug-likeness (QED) is 0.734. The normalized spacial score (nSPS) is 12.0. The number of nitrogens with one attached hydrogen (secondary N) is 1. The van der Waals surface area contributed by atoms with E-state index in [1.165, 1.54) is 12.1 Å². The van der Waals surface area contributed by atoms with Crippen molar-refractivity contribution in [2.75, 3.05) is 5.32 Å². The Kier molecular flexibility index (Phi) is 6.24. The number of hydrogen-bond acceptors (Lipinski definition) is 3. The highest BCUT2D eigenvalue weighted by Gasteiger charge is 2.19. The van der Waals surface area contributed by atoms with Gasteiger partial charge in [-0.1, -0.05) is 47.6 Å². The largest absolute Gasteiger partial charge is 0.481 e. The van der Waals surface area contributed by atoms with Gasteiger partial charge in [-0.25, -0.2) is 0 Å². The van der Waals surface area contributed by atoms with Crippen LogP contribution in [0.3, 0.4) is 0 Å². The van der Waals surface area contributed by atoms with Gasteiger partial charge in [-0.15, -0.1) is 0 Å². The average Bonchev–Trinajstić information content (AvgIpc) is 2.51. The Morgan fingerprint density at radius 2 is 1.87 bits per heavy atom. The summed E-state index contributed by atoms with van der Waals surface area (Å²) in [5.74, 6) is -2.54. The zero-order valence-corrected chi connectivity index (χ0v) is 13.7. The second-order valence-corrected chi connectivity index (χ2v) is 5.96. The molecule has 1 atom stereocenters. The van der Waals surface area contributed by atoms with Crippen LogP contribution in [-0.2, 0) is 4.79 Å². The summed E-state index contributed by atoms with van der Waals surface area (Å²) in [6, 6.07) is 13.4. The van der Waals surface area contributed by atoms with E-state index in [0.29, 0.717) is 5.75 Å². The lowest BCUT2D eigenvalue weighted by Crippen LogP contribution is -2.30. The number of amides is 1. The van der Waals surface area contributed by atoms with Gasteiger partial charge in [-0.05, 0) is 31.2 Å². The molecule has 1 unspecified atom stereocenters. The van der Waals surface area contributed by atoms with E-state index in [9.17, 15) is 13.6 Å². The lowest BCUT2D eigenvalue weighted by atomic mass is 10.3. The van der Waals surface area contributed by atoms with Crippen molar-refractivity contribution in [2.24, 2.45) is 0 Å². The summed E-state index contributed by atoms with van der Waals surface area (Å²) in [4.78, 5) is 12.3. The molecular formula is C16H14ClF2NO2S. The van der Waals surface area contributed by atoms with Gasteiger partial charge in [0.1, 0.15) is 5.75 Å². The molecule has 1 amide bonds. The van der Waals surface area contributed by atoms with Gasteiger partial charge in [-0.2, -0.15) is 8.78 Å². The molecule has 1 N–H and O–H groups in total. The summed E-state index contributed by atoms with van der Waals surface area (Å²) in [6.45, 7) is 1.58. The maximum absolute atomic E-state index is 12.6. The maximum atomic E-state index is 12.6. The highest BCUT2D eigenvalue weighted by Crippen LogP contribution is 2.37. The number of hydrogen-bond donors (Lipinski definition) is 1. The molecule has 3 nitrogen and oxygen atoms in total. The minimum absolute atomic E-state index is 0.129. The molecule has 2 aromatic rings. The zero-order valence-electron chi connectivity index (χ0n) is 12.1. The molecule has 0 radical (unpaired) electrons. The second kappa shape index (κ2) is 8.17. The number of carbonyl (C=O) groups excluding carboxylic acids is 1. The van der Waals surface area contributed by atoms with Gasteiger partial charge >= 0.3 is 0 Å². The first-order valence-corrected chi connectivity index (χ1v) is 7.99. The number of alkyl halides is 2. The van der Waals surface area contributed by atoms with Gasteiger partial charge in [0, 0.05) is 0 Å². The van der Waals surface area contributed by atoms with Crippen LogP contribution in [0.4, 0.5) is 14.5 Å².